The van der Waals surface area contributed by atoms with Gasteiger partial charge in [0.05, 0.1) is 10.4 Å². The highest BCUT2D eigenvalue weighted by molar-refractivity contribution is 8.26. The smallest absolute Gasteiger partial charge is 0.303 e. The van der Waals surface area contributed by atoms with Crippen LogP contribution in [0.5, 0.6) is 0 Å². The summed E-state index contributed by atoms with van der Waals surface area (Å²) in [7, 11) is 0. The zero-order chi connectivity index (χ0) is 17.1. The number of hydrogen-bond acceptors (Lipinski definition) is 5. The summed E-state index contributed by atoms with van der Waals surface area (Å²) in [5.74, 6) is -1.05. The van der Waals surface area contributed by atoms with Crippen molar-refractivity contribution in [2.24, 2.45) is 0 Å². The van der Waals surface area contributed by atoms with Crippen LogP contribution in [0.1, 0.15) is 18.4 Å². The van der Waals surface area contributed by atoms with E-state index in [9.17, 15) is 9.59 Å². The number of para-hydroxylation sites is 1. The van der Waals surface area contributed by atoms with Crippen molar-refractivity contribution in [1.29, 1.82) is 0 Å². The number of carbonyl (C=O) groups is 2. The summed E-state index contributed by atoms with van der Waals surface area (Å²) in [4.78, 5) is 29.4. The molecule has 3 rings (SSSR count). The van der Waals surface area contributed by atoms with Gasteiger partial charge in [-0.3, -0.25) is 19.5 Å². The maximum Gasteiger partial charge on any atom is 0.303 e. The number of rotatable bonds is 5. The van der Waals surface area contributed by atoms with Crippen molar-refractivity contribution in [1.82, 2.24) is 9.88 Å². The molecule has 0 atom stereocenters. The number of hydrogen-bond donors (Lipinski definition) is 1. The van der Waals surface area contributed by atoms with Crippen LogP contribution in [0.2, 0.25) is 0 Å². The van der Waals surface area contributed by atoms with E-state index in [0.29, 0.717) is 22.2 Å². The largest absolute Gasteiger partial charge is 0.481 e. The van der Waals surface area contributed by atoms with Gasteiger partial charge in [0.2, 0.25) is 0 Å². The maximum absolute atomic E-state index is 12.4. The Hall–Kier alpha value is -2.25. The molecule has 1 aromatic heterocycles. The zero-order valence-corrected chi connectivity index (χ0v) is 14.3. The fraction of sp³-hybridized carbons (Fsp3) is 0.176. The number of thiocarbonyl (C=S) groups is 1. The predicted octanol–water partition coefficient (Wildman–Crippen LogP) is 3.30. The van der Waals surface area contributed by atoms with Crippen LogP contribution in [0, 0.1) is 0 Å². The van der Waals surface area contributed by atoms with Crippen molar-refractivity contribution >= 4 is 57.2 Å². The number of nitrogens with zero attached hydrogens (tertiary/aromatic N) is 2. The number of pyridine rings is 1. The summed E-state index contributed by atoms with van der Waals surface area (Å²) in [6.45, 7) is 0.324. The molecule has 1 aliphatic heterocycles. The molecular formula is C17H14N2O3S2. The molecule has 122 valence electrons. The Balaban J connectivity index is 1.78. The van der Waals surface area contributed by atoms with Crippen molar-refractivity contribution < 1.29 is 14.7 Å². The van der Waals surface area contributed by atoms with Crippen molar-refractivity contribution in [2.75, 3.05) is 6.54 Å². The first-order chi connectivity index (χ1) is 11.5. The zero-order valence-electron chi connectivity index (χ0n) is 12.6. The molecule has 1 aliphatic rings. The minimum atomic E-state index is -0.877. The first-order valence-electron chi connectivity index (χ1n) is 7.36. The Labute approximate surface area is 148 Å². The van der Waals surface area contributed by atoms with E-state index >= 15 is 0 Å². The lowest BCUT2D eigenvalue weighted by atomic mass is 10.1. The first kappa shape index (κ1) is 16.6. The average molecular weight is 358 g/mol. The van der Waals surface area contributed by atoms with Gasteiger partial charge in [-0.15, -0.1) is 0 Å². The summed E-state index contributed by atoms with van der Waals surface area (Å²) < 4.78 is 0.463. The number of thioether (sulfide) groups is 1. The van der Waals surface area contributed by atoms with E-state index in [2.05, 4.69) is 4.98 Å². The molecule has 1 fully saturated rings. The summed E-state index contributed by atoms with van der Waals surface area (Å²) >= 11 is 6.47. The number of carboxylic acids is 1. The summed E-state index contributed by atoms with van der Waals surface area (Å²) in [6, 6.07) is 9.74. The molecule has 24 heavy (non-hydrogen) atoms. The Kier molecular flexibility index (Phi) is 4.92. The molecule has 1 saturated heterocycles. The number of aliphatic carboxylic acids is 1. The molecule has 2 heterocycles. The lowest BCUT2D eigenvalue weighted by molar-refractivity contribution is -0.137. The monoisotopic (exact) mass is 358 g/mol. The van der Waals surface area contributed by atoms with Crippen molar-refractivity contribution in [3.05, 3.63) is 47.0 Å². The summed E-state index contributed by atoms with van der Waals surface area (Å²) in [5.41, 5.74) is 1.73. The number of amides is 1. The number of carboxylic acid groups (broad SMARTS) is 1. The van der Waals surface area contributed by atoms with Gasteiger partial charge in [-0.1, -0.05) is 42.2 Å². The van der Waals surface area contributed by atoms with E-state index in [1.54, 1.807) is 12.3 Å². The molecule has 0 spiro atoms. The van der Waals surface area contributed by atoms with E-state index in [0.717, 1.165) is 16.5 Å². The SMILES string of the molecule is O=C(O)CCCN1C(=O)C(=Cc2cnc3ccccc3c2)SC1=S. The minimum Gasteiger partial charge on any atom is -0.481 e. The normalized spacial score (nSPS) is 16.3. The molecule has 1 N–H and O–H groups in total. The average Bonchev–Trinajstić information content (AvgIpc) is 2.82. The highest BCUT2D eigenvalue weighted by atomic mass is 32.2. The van der Waals surface area contributed by atoms with Crippen LogP contribution in [0.25, 0.3) is 17.0 Å². The molecule has 0 bridgehead atoms. The fourth-order valence-electron chi connectivity index (χ4n) is 2.40. The second-order valence-electron chi connectivity index (χ2n) is 5.29. The molecule has 0 radical (unpaired) electrons. The van der Waals surface area contributed by atoms with Gasteiger partial charge >= 0.3 is 5.97 Å². The van der Waals surface area contributed by atoms with Crippen molar-refractivity contribution in [2.45, 2.75) is 12.8 Å². The van der Waals surface area contributed by atoms with Gasteiger partial charge in [-0.2, -0.15) is 0 Å². The van der Waals surface area contributed by atoms with Gasteiger partial charge in [0.15, 0.2) is 0 Å². The molecule has 2 aromatic rings. The molecule has 5 nitrogen and oxygen atoms in total. The van der Waals surface area contributed by atoms with E-state index in [1.165, 1.54) is 16.7 Å². The minimum absolute atomic E-state index is 0.0186. The van der Waals surface area contributed by atoms with E-state index in [1.807, 2.05) is 30.3 Å². The third-order valence-corrected chi connectivity index (χ3v) is 4.93. The van der Waals surface area contributed by atoms with E-state index in [4.69, 9.17) is 17.3 Å². The van der Waals surface area contributed by atoms with Crippen LogP contribution in [-0.2, 0) is 9.59 Å². The van der Waals surface area contributed by atoms with Gasteiger partial charge in [-0.05, 0) is 30.2 Å². The molecule has 0 unspecified atom stereocenters. The molecular weight excluding hydrogens is 344 g/mol. The molecule has 0 aliphatic carbocycles. The highest BCUT2D eigenvalue weighted by Gasteiger charge is 2.31. The number of carbonyl (C=O) groups excluding carboxylic acids is 1. The van der Waals surface area contributed by atoms with Crippen molar-refractivity contribution in [3.8, 4) is 0 Å². The van der Waals surface area contributed by atoms with Gasteiger partial charge in [0.25, 0.3) is 5.91 Å². The fourth-order valence-corrected chi connectivity index (χ4v) is 3.71. The molecule has 7 heteroatoms. The van der Waals surface area contributed by atoms with Crippen LogP contribution >= 0.6 is 24.0 Å². The van der Waals surface area contributed by atoms with Crippen LogP contribution in [0.4, 0.5) is 0 Å². The van der Waals surface area contributed by atoms with Gasteiger partial charge < -0.3 is 5.11 Å². The van der Waals surface area contributed by atoms with Gasteiger partial charge in [0.1, 0.15) is 4.32 Å². The number of aromatic nitrogens is 1. The van der Waals surface area contributed by atoms with Gasteiger partial charge in [0, 0.05) is 24.5 Å². The Morgan fingerprint density at radius 2 is 2.17 bits per heavy atom. The standard InChI is InChI=1S/C17H14N2O3S2/c20-15(21)6-3-7-19-16(22)14(24-17(19)23)9-11-8-12-4-1-2-5-13(12)18-10-11/h1-2,4-5,8-10H,3,6-7H2,(H,20,21). The van der Waals surface area contributed by atoms with Crippen LogP contribution in [0.15, 0.2) is 41.4 Å². The summed E-state index contributed by atoms with van der Waals surface area (Å²) in [5, 5.41) is 9.70. The molecule has 0 saturated carbocycles. The summed E-state index contributed by atoms with van der Waals surface area (Å²) in [6.07, 6.45) is 3.90. The lowest BCUT2D eigenvalue weighted by Gasteiger charge is -2.13. The highest BCUT2D eigenvalue weighted by Crippen LogP contribution is 2.32. The molecule has 1 amide bonds. The first-order valence-corrected chi connectivity index (χ1v) is 8.59. The Morgan fingerprint density at radius 3 is 2.96 bits per heavy atom. The molecule has 1 aromatic carbocycles. The van der Waals surface area contributed by atoms with Gasteiger partial charge in [-0.25, -0.2) is 0 Å². The Bertz CT molecular complexity index is 864. The van der Waals surface area contributed by atoms with Crippen LogP contribution < -0.4 is 0 Å². The topological polar surface area (TPSA) is 70.5 Å². The lowest BCUT2D eigenvalue weighted by Crippen LogP contribution is -2.29. The third kappa shape index (κ3) is 3.63. The Morgan fingerprint density at radius 1 is 1.38 bits per heavy atom. The number of benzene rings is 1. The maximum atomic E-state index is 12.4. The number of fused-ring (bicyclic) bond motifs is 1. The van der Waals surface area contributed by atoms with Crippen LogP contribution in [-0.4, -0.2) is 37.7 Å². The van der Waals surface area contributed by atoms with E-state index < -0.39 is 5.97 Å². The van der Waals surface area contributed by atoms with E-state index in [-0.39, 0.29) is 12.3 Å². The second kappa shape index (κ2) is 7.11. The quantitative estimate of drug-likeness (QED) is 0.653. The van der Waals surface area contributed by atoms with Crippen molar-refractivity contribution in [3.63, 3.8) is 0 Å². The second-order valence-corrected chi connectivity index (χ2v) is 6.97. The predicted molar refractivity (Wildman–Crippen MR) is 98.5 cm³/mol. The van der Waals surface area contributed by atoms with Crippen LogP contribution in [0.3, 0.4) is 0 Å². The third-order valence-electron chi connectivity index (χ3n) is 3.56.